The van der Waals surface area contributed by atoms with Crippen molar-refractivity contribution in [2.75, 3.05) is 31.2 Å². The molecule has 0 radical (unpaired) electrons. The van der Waals surface area contributed by atoms with Gasteiger partial charge in [-0.05, 0) is 108 Å². The van der Waals surface area contributed by atoms with Gasteiger partial charge in [0.2, 0.25) is 0 Å². The Balaban J connectivity index is 1.79. The normalized spacial score (nSPS) is 15.6. The Kier molecular flexibility index (Phi) is 12.1. The maximum atomic E-state index is 13.3. The summed E-state index contributed by atoms with van der Waals surface area (Å²) in [5.41, 5.74) is 5.52. The number of hydrogen-bond donors (Lipinski definition) is 1. The van der Waals surface area contributed by atoms with Crippen LogP contribution in [0.3, 0.4) is 0 Å². The molecule has 256 valence electrons. The van der Waals surface area contributed by atoms with Crippen molar-refractivity contribution in [2.24, 2.45) is 5.41 Å². The van der Waals surface area contributed by atoms with Gasteiger partial charge in [0, 0.05) is 42.9 Å². The van der Waals surface area contributed by atoms with E-state index in [2.05, 4.69) is 18.7 Å². The molecule has 0 spiro atoms. The number of halogens is 1. The molecule has 1 atom stereocenters. The predicted molar refractivity (Wildman–Crippen MR) is 186 cm³/mol. The minimum absolute atomic E-state index is 0.139. The number of anilines is 1. The second-order valence-corrected chi connectivity index (χ2v) is 14.7. The van der Waals surface area contributed by atoms with Gasteiger partial charge in [-0.3, -0.25) is 4.98 Å². The van der Waals surface area contributed by atoms with E-state index in [0.717, 1.165) is 66.2 Å². The van der Waals surface area contributed by atoms with Gasteiger partial charge in [-0.25, -0.2) is 9.18 Å². The highest BCUT2D eigenvalue weighted by molar-refractivity contribution is 5.88. The largest absolute Gasteiger partial charge is 0.493 e. The molecule has 0 bridgehead atoms. The first-order chi connectivity index (χ1) is 22.1. The molecule has 3 aromatic rings. The number of carbonyl (C=O) groups is 1. The molecule has 4 rings (SSSR count). The first kappa shape index (κ1) is 36.3. The zero-order valence-corrected chi connectivity index (χ0v) is 29.5. The summed E-state index contributed by atoms with van der Waals surface area (Å²) in [5, 5.41) is 10.6. The van der Waals surface area contributed by atoms with E-state index in [1.165, 1.54) is 12.1 Å². The summed E-state index contributed by atoms with van der Waals surface area (Å²) in [6.45, 7) is 18.9. The van der Waals surface area contributed by atoms with Crippen molar-refractivity contribution >= 4 is 11.7 Å². The van der Waals surface area contributed by atoms with Crippen LogP contribution in [0.25, 0.3) is 11.1 Å². The molecule has 0 saturated carbocycles. The van der Waals surface area contributed by atoms with Crippen LogP contribution in [0.2, 0.25) is 0 Å². The lowest BCUT2D eigenvalue weighted by atomic mass is 9.81. The monoisotopic (exact) mass is 648 g/mol. The van der Waals surface area contributed by atoms with Crippen LogP contribution in [0.5, 0.6) is 5.75 Å². The summed E-state index contributed by atoms with van der Waals surface area (Å²) in [4.78, 5) is 20.4. The van der Waals surface area contributed by atoms with Crippen LogP contribution < -0.4 is 9.64 Å². The number of carboxylic acid groups (broad SMARTS) is 1. The second kappa shape index (κ2) is 15.6. The molecule has 1 aliphatic rings. The number of benzene rings is 2. The fraction of sp³-hybridized carbons (Fsp3) is 0.538. The highest BCUT2D eigenvalue weighted by atomic mass is 19.1. The molecule has 0 amide bonds. The minimum Gasteiger partial charge on any atom is -0.493 e. The zero-order chi connectivity index (χ0) is 34.4. The topological polar surface area (TPSA) is 81.1 Å². The number of piperidine rings is 1. The highest BCUT2D eigenvalue weighted by Gasteiger charge is 2.37. The Bertz CT molecular complexity index is 1470. The van der Waals surface area contributed by atoms with Crippen molar-refractivity contribution in [3.05, 3.63) is 76.9 Å². The van der Waals surface area contributed by atoms with Crippen molar-refractivity contribution in [3.8, 4) is 16.9 Å². The number of pyridine rings is 1. The van der Waals surface area contributed by atoms with Crippen LogP contribution in [-0.2, 0) is 27.1 Å². The molecule has 1 unspecified atom stereocenters. The van der Waals surface area contributed by atoms with E-state index in [1.54, 1.807) is 12.1 Å². The smallest absolute Gasteiger partial charge is 0.337 e. The van der Waals surface area contributed by atoms with Crippen LogP contribution in [0.4, 0.5) is 10.1 Å². The number of aryl methyl sites for hydroxylation is 2. The third-order valence-electron chi connectivity index (χ3n) is 8.59. The van der Waals surface area contributed by atoms with E-state index in [0.29, 0.717) is 37.3 Å². The van der Waals surface area contributed by atoms with Crippen LogP contribution in [-0.4, -0.2) is 54.1 Å². The van der Waals surface area contributed by atoms with Gasteiger partial charge < -0.3 is 24.2 Å². The van der Waals surface area contributed by atoms with Gasteiger partial charge in [0.05, 0.1) is 29.7 Å². The van der Waals surface area contributed by atoms with Crippen LogP contribution in [0.15, 0.2) is 48.5 Å². The summed E-state index contributed by atoms with van der Waals surface area (Å²) >= 11 is 0. The van der Waals surface area contributed by atoms with E-state index in [9.17, 15) is 14.3 Å². The van der Waals surface area contributed by atoms with Crippen molar-refractivity contribution < 1.29 is 28.5 Å². The number of nitrogens with zero attached hydrogens (tertiary/aromatic N) is 2. The molecule has 2 aromatic carbocycles. The molecular weight excluding hydrogens is 595 g/mol. The van der Waals surface area contributed by atoms with Gasteiger partial charge in [-0.2, -0.15) is 0 Å². The minimum atomic E-state index is -1.18. The molecule has 1 aliphatic heterocycles. The molecule has 0 aliphatic carbocycles. The number of carboxylic acids is 1. The molecular formula is C39H53FN2O5. The van der Waals surface area contributed by atoms with Crippen molar-refractivity contribution in [1.82, 2.24) is 4.98 Å². The van der Waals surface area contributed by atoms with Crippen LogP contribution in [0, 0.1) is 18.2 Å². The van der Waals surface area contributed by atoms with Crippen LogP contribution >= 0.6 is 0 Å². The maximum absolute atomic E-state index is 13.3. The number of aromatic nitrogens is 1. The summed E-state index contributed by atoms with van der Waals surface area (Å²) in [5.74, 6) is -0.556. The van der Waals surface area contributed by atoms with Gasteiger partial charge in [0.15, 0.2) is 6.10 Å². The Morgan fingerprint density at radius 1 is 1.00 bits per heavy atom. The first-order valence-electron chi connectivity index (χ1n) is 16.9. The number of hydrogen-bond acceptors (Lipinski definition) is 6. The average molecular weight is 649 g/mol. The average Bonchev–Trinajstić information content (AvgIpc) is 2.99. The molecule has 47 heavy (non-hydrogen) atoms. The van der Waals surface area contributed by atoms with E-state index >= 15 is 0 Å². The summed E-state index contributed by atoms with van der Waals surface area (Å²) in [7, 11) is 0. The molecule has 1 aromatic heterocycles. The van der Waals surface area contributed by atoms with Crippen molar-refractivity contribution in [2.45, 2.75) is 105 Å². The fourth-order valence-corrected chi connectivity index (χ4v) is 6.02. The zero-order valence-electron chi connectivity index (χ0n) is 29.5. The molecule has 2 heterocycles. The summed E-state index contributed by atoms with van der Waals surface area (Å²) in [6.07, 6.45) is 3.07. The third-order valence-corrected chi connectivity index (χ3v) is 8.59. The fourth-order valence-electron chi connectivity index (χ4n) is 6.02. The van der Waals surface area contributed by atoms with Gasteiger partial charge >= 0.3 is 5.97 Å². The molecule has 7 nitrogen and oxygen atoms in total. The van der Waals surface area contributed by atoms with E-state index < -0.39 is 17.7 Å². The maximum Gasteiger partial charge on any atom is 0.337 e. The Morgan fingerprint density at radius 3 is 2.21 bits per heavy atom. The van der Waals surface area contributed by atoms with Gasteiger partial charge in [0.1, 0.15) is 11.6 Å². The van der Waals surface area contributed by atoms with Crippen molar-refractivity contribution in [1.29, 1.82) is 0 Å². The molecule has 1 N–H and O–H groups in total. The van der Waals surface area contributed by atoms with Crippen LogP contribution in [0.1, 0.15) is 96.3 Å². The van der Waals surface area contributed by atoms with Gasteiger partial charge in [0.25, 0.3) is 0 Å². The SMILES string of the molecule is Cc1nc(CCCOC(C)C)c(-c2ccc(OCCc3ccc(F)cc3)cc2)c(N2CCC(C)(C)CC2)c1C(OC(C)(C)C)C(=O)O. The Morgan fingerprint density at radius 2 is 1.64 bits per heavy atom. The lowest BCUT2D eigenvalue weighted by Crippen LogP contribution is -2.39. The molecule has 8 heteroatoms. The van der Waals surface area contributed by atoms with Crippen molar-refractivity contribution in [3.63, 3.8) is 0 Å². The first-order valence-corrected chi connectivity index (χ1v) is 16.9. The van der Waals surface area contributed by atoms with E-state index in [4.69, 9.17) is 19.2 Å². The second-order valence-electron chi connectivity index (χ2n) is 14.7. The van der Waals surface area contributed by atoms with Gasteiger partial charge in [-0.1, -0.05) is 38.1 Å². The molecule has 1 fully saturated rings. The molecule has 1 saturated heterocycles. The lowest BCUT2D eigenvalue weighted by Gasteiger charge is -2.41. The Labute approximate surface area is 280 Å². The number of rotatable bonds is 14. The lowest BCUT2D eigenvalue weighted by molar-refractivity contribution is -0.160. The van der Waals surface area contributed by atoms with E-state index in [-0.39, 0.29) is 17.3 Å². The Hall–Kier alpha value is -3.49. The predicted octanol–water partition coefficient (Wildman–Crippen LogP) is 8.74. The highest BCUT2D eigenvalue weighted by Crippen LogP contribution is 2.45. The standard InChI is InChI=1S/C39H53FN2O5/c1-26(2)45-24-9-10-32-34(29-13-17-31(18-14-29)46-25-19-28-11-15-30(40)16-12-28)35(42-22-20-39(7,8)21-23-42)33(27(3)41-32)36(37(43)44)47-38(4,5)6/h11-18,26,36H,9-10,19-25H2,1-8H3,(H,43,44). The van der Waals surface area contributed by atoms with Gasteiger partial charge in [-0.15, -0.1) is 0 Å². The number of ether oxygens (including phenoxy) is 3. The number of aliphatic carboxylic acids is 1. The summed E-state index contributed by atoms with van der Waals surface area (Å²) < 4.78 is 31.5. The summed E-state index contributed by atoms with van der Waals surface area (Å²) in [6, 6.07) is 14.4. The third kappa shape index (κ3) is 10.2. The van der Waals surface area contributed by atoms with E-state index in [1.807, 2.05) is 65.8 Å². The quantitative estimate of drug-likeness (QED) is 0.175.